The van der Waals surface area contributed by atoms with Gasteiger partial charge in [0.1, 0.15) is 5.75 Å². The fraction of sp³-hybridized carbons (Fsp3) is 0.294. The van der Waals surface area contributed by atoms with Crippen LogP contribution in [0.15, 0.2) is 53.0 Å². The molecule has 1 unspecified atom stereocenters. The van der Waals surface area contributed by atoms with Gasteiger partial charge in [0, 0.05) is 10.5 Å². The molecule has 2 aromatic carbocycles. The van der Waals surface area contributed by atoms with Gasteiger partial charge in [0.15, 0.2) is 0 Å². The zero-order chi connectivity index (χ0) is 14.4. The highest BCUT2D eigenvalue weighted by atomic mass is 79.9. The van der Waals surface area contributed by atoms with E-state index in [4.69, 9.17) is 4.74 Å². The second-order valence-corrected chi connectivity index (χ2v) is 5.63. The van der Waals surface area contributed by atoms with E-state index in [0.717, 1.165) is 23.2 Å². The van der Waals surface area contributed by atoms with E-state index in [1.165, 1.54) is 11.1 Å². The molecule has 0 bridgehead atoms. The largest absolute Gasteiger partial charge is 0.497 e. The van der Waals surface area contributed by atoms with Crippen LogP contribution in [0.25, 0.3) is 0 Å². The minimum Gasteiger partial charge on any atom is -0.497 e. The van der Waals surface area contributed by atoms with Gasteiger partial charge in [-0.25, -0.2) is 0 Å². The summed E-state index contributed by atoms with van der Waals surface area (Å²) >= 11 is 3.48. The van der Waals surface area contributed by atoms with Crippen molar-refractivity contribution in [3.63, 3.8) is 0 Å². The molecule has 0 spiro atoms. The van der Waals surface area contributed by atoms with Crippen LogP contribution >= 0.6 is 15.9 Å². The first kappa shape index (κ1) is 15.1. The van der Waals surface area contributed by atoms with E-state index in [2.05, 4.69) is 64.6 Å². The lowest BCUT2D eigenvalue weighted by atomic mass is 9.99. The maximum atomic E-state index is 5.29. The van der Waals surface area contributed by atoms with Crippen molar-refractivity contribution < 1.29 is 4.74 Å². The molecule has 0 aliphatic heterocycles. The van der Waals surface area contributed by atoms with E-state index in [-0.39, 0.29) is 0 Å². The van der Waals surface area contributed by atoms with Crippen LogP contribution in [0.3, 0.4) is 0 Å². The lowest BCUT2D eigenvalue weighted by Crippen LogP contribution is -2.22. The van der Waals surface area contributed by atoms with E-state index < -0.39 is 0 Å². The molecule has 0 radical (unpaired) electrons. The molecular weight excluding hydrogens is 314 g/mol. The third-order valence-corrected chi connectivity index (χ3v) is 3.83. The van der Waals surface area contributed by atoms with E-state index >= 15 is 0 Å². The minimum atomic E-state index is 0.320. The number of nitrogens with one attached hydrogen (secondary N) is 1. The number of benzene rings is 2. The highest BCUT2D eigenvalue weighted by Gasteiger charge is 2.11. The third kappa shape index (κ3) is 4.09. The van der Waals surface area contributed by atoms with Gasteiger partial charge in [-0.3, -0.25) is 0 Å². The molecule has 2 rings (SSSR count). The Morgan fingerprint density at radius 2 is 1.90 bits per heavy atom. The van der Waals surface area contributed by atoms with Crippen molar-refractivity contribution in [2.75, 3.05) is 13.7 Å². The summed E-state index contributed by atoms with van der Waals surface area (Å²) in [5.41, 5.74) is 2.58. The molecule has 0 aliphatic carbocycles. The monoisotopic (exact) mass is 333 g/mol. The number of methoxy groups -OCH3 is 1. The first-order valence-corrected chi connectivity index (χ1v) is 7.64. The van der Waals surface area contributed by atoms with Crippen molar-refractivity contribution in [1.82, 2.24) is 5.32 Å². The second-order valence-electron chi connectivity index (χ2n) is 4.72. The molecule has 3 heteroatoms. The van der Waals surface area contributed by atoms with Gasteiger partial charge in [-0.1, -0.05) is 47.1 Å². The summed E-state index contributed by atoms with van der Waals surface area (Å²) < 4.78 is 6.40. The van der Waals surface area contributed by atoms with Crippen LogP contribution in [-0.2, 0) is 6.42 Å². The van der Waals surface area contributed by atoms with Gasteiger partial charge >= 0.3 is 0 Å². The third-order valence-electron chi connectivity index (χ3n) is 3.30. The van der Waals surface area contributed by atoms with Crippen LogP contribution in [0.4, 0.5) is 0 Å². The lowest BCUT2D eigenvalue weighted by molar-refractivity contribution is 0.414. The van der Waals surface area contributed by atoms with Gasteiger partial charge in [-0.15, -0.1) is 0 Å². The summed E-state index contributed by atoms with van der Waals surface area (Å²) in [7, 11) is 1.70. The Hall–Kier alpha value is -1.32. The molecule has 0 aliphatic rings. The van der Waals surface area contributed by atoms with Gasteiger partial charge in [-0.05, 0) is 48.4 Å². The summed E-state index contributed by atoms with van der Waals surface area (Å²) in [6.45, 7) is 3.09. The molecule has 2 aromatic rings. The molecule has 0 saturated carbocycles. The molecule has 2 nitrogen and oxygen atoms in total. The van der Waals surface area contributed by atoms with Gasteiger partial charge < -0.3 is 10.1 Å². The summed E-state index contributed by atoms with van der Waals surface area (Å²) in [6.07, 6.45) is 0.951. The minimum absolute atomic E-state index is 0.320. The smallest absolute Gasteiger partial charge is 0.119 e. The predicted octanol–water partition coefficient (Wildman–Crippen LogP) is 4.35. The normalized spacial score (nSPS) is 12.2. The Kier molecular flexibility index (Phi) is 5.62. The van der Waals surface area contributed by atoms with E-state index in [1.807, 2.05) is 12.1 Å². The average Bonchev–Trinajstić information content (AvgIpc) is 2.48. The van der Waals surface area contributed by atoms with Gasteiger partial charge in [-0.2, -0.15) is 0 Å². The van der Waals surface area contributed by atoms with Crippen LogP contribution < -0.4 is 10.1 Å². The number of hydrogen-bond donors (Lipinski definition) is 1. The standard InChI is InChI=1S/C17H20BrNO/c1-3-19-17(14-7-9-15(18)10-8-14)12-13-5-4-6-16(11-13)20-2/h4-11,17,19H,3,12H2,1-2H3. The van der Waals surface area contributed by atoms with Gasteiger partial charge in [0.2, 0.25) is 0 Å². The molecule has 0 heterocycles. The Labute approximate surface area is 129 Å². The Bertz CT molecular complexity index is 539. The van der Waals surface area contributed by atoms with Crippen molar-refractivity contribution in [3.05, 3.63) is 64.1 Å². The summed E-state index contributed by atoms with van der Waals surface area (Å²) in [6, 6.07) is 17.1. The topological polar surface area (TPSA) is 21.3 Å². The number of hydrogen-bond acceptors (Lipinski definition) is 2. The van der Waals surface area contributed by atoms with Crippen LogP contribution in [0.1, 0.15) is 24.1 Å². The van der Waals surface area contributed by atoms with Crippen molar-refractivity contribution >= 4 is 15.9 Å². The number of halogens is 1. The average molecular weight is 334 g/mol. The summed E-state index contributed by atoms with van der Waals surface area (Å²) in [5, 5.41) is 3.55. The van der Waals surface area contributed by atoms with Crippen molar-refractivity contribution in [2.45, 2.75) is 19.4 Å². The SMILES string of the molecule is CCNC(Cc1cccc(OC)c1)c1ccc(Br)cc1. The molecule has 0 saturated heterocycles. The second kappa shape index (κ2) is 7.46. The Morgan fingerprint density at radius 3 is 2.55 bits per heavy atom. The first-order chi connectivity index (χ1) is 9.72. The molecule has 0 aromatic heterocycles. The predicted molar refractivity (Wildman–Crippen MR) is 87.3 cm³/mol. The highest BCUT2D eigenvalue weighted by Crippen LogP contribution is 2.22. The highest BCUT2D eigenvalue weighted by molar-refractivity contribution is 9.10. The fourth-order valence-corrected chi connectivity index (χ4v) is 2.55. The maximum Gasteiger partial charge on any atom is 0.119 e. The zero-order valence-electron chi connectivity index (χ0n) is 11.9. The van der Waals surface area contributed by atoms with Crippen LogP contribution in [0.5, 0.6) is 5.75 Å². The first-order valence-electron chi connectivity index (χ1n) is 6.84. The van der Waals surface area contributed by atoms with Crippen LogP contribution in [0, 0.1) is 0 Å². The van der Waals surface area contributed by atoms with Gasteiger partial charge in [0.05, 0.1) is 7.11 Å². The lowest BCUT2D eigenvalue weighted by Gasteiger charge is -2.19. The number of likely N-dealkylation sites (N-methyl/N-ethyl adjacent to an activating group) is 1. The number of rotatable bonds is 6. The fourth-order valence-electron chi connectivity index (χ4n) is 2.28. The van der Waals surface area contributed by atoms with E-state index in [0.29, 0.717) is 6.04 Å². The quantitative estimate of drug-likeness (QED) is 0.848. The van der Waals surface area contributed by atoms with Crippen LogP contribution in [-0.4, -0.2) is 13.7 Å². The molecule has 0 amide bonds. The molecule has 1 atom stereocenters. The van der Waals surface area contributed by atoms with Crippen LogP contribution in [0.2, 0.25) is 0 Å². The molecule has 0 fully saturated rings. The van der Waals surface area contributed by atoms with Crippen molar-refractivity contribution in [2.24, 2.45) is 0 Å². The van der Waals surface area contributed by atoms with E-state index in [1.54, 1.807) is 7.11 Å². The number of ether oxygens (including phenoxy) is 1. The van der Waals surface area contributed by atoms with Crippen molar-refractivity contribution in [1.29, 1.82) is 0 Å². The van der Waals surface area contributed by atoms with E-state index in [9.17, 15) is 0 Å². The summed E-state index contributed by atoms with van der Waals surface area (Å²) in [5.74, 6) is 0.911. The molecule has 1 N–H and O–H groups in total. The Morgan fingerprint density at radius 1 is 1.15 bits per heavy atom. The zero-order valence-corrected chi connectivity index (χ0v) is 13.5. The van der Waals surface area contributed by atoms with Crippen molar-refractivity contribution in [3.8, 4) is 5.75 Å². The molecular formula is C17H20BrNO. The molecule has 20 heavy (non-hydrogen) atoms. The molecule has 106 valence electrons. The maximum absolute atomic E-state index is 5.29. The Balaban J connectivity index is 2.18. The van der Waals surface area contributed by atoms with Gasteiger partial charge in [0.25, 0.3) is 0 Å². The summed E-state index contributed by atoms with van der Waals surface area (Å²) in [4.78, 5) is 0.